The van der Waals surface area contributed by atoms with Gasteiger partial charge in [0.15, 0.2) is 0 Å². The zero-order valence-corrected chi connectivity index (χ0v) is 11.2. The number of nitrogens with one attached hydrogen (secondary N) is 1. The number of β-amino-alcohol motifs (C(OH)–C–C–N with tert-alkyl or cyclic N) is 1. The predicted molar refractivity (Wildman–Crippen MR) is 73.5 cm³/mol. The average Bonchev–Trinajstić information content (AvgIpc) is 2.84. The van der Waals surface area contributed by atoms with Crippen LogP contribution in [0.15, 0.2) is 24.3 Å². The van der Waals surface area contributed by atoms with Gasteiger partial charge in [-0.15, -0.1) is 0 Å². The molecule has 7 nitrogen and oxygen atoms in total. The van der Waals surface area contributed by atoms with E-state index in [1.54, 1.807) is 24.3 Å². The van der Waals surface area contributed by atoms with Crippen LogP contribution in [0.3, 0.4) is 0 Å². The summed E-state index contributed by atoms with van der Waals surface area (Å²) < 4.78 is 0. The van der Waals surface area contributed by atoms with Gasteiger partial charge in [-0.2, -0.15) is 5.26 Å². The van der Waals surface area contributed by atoms with E-state index in [1.807, 2.05) is 6.07 Å². The maximum absolute atomic E-state index is 12.1. The lowest BCUT2D eigenvalue weighted by molar-refractivity contribution is -0.141. The molecule has 1 fully saturated rings. The maximum atomic E-state index is 12.1. The number of carboxylic acid groups (broad SMARTS) is 1. The van der Waals surface area contributed by atoms with E-state index in [4.69, 9.17) is 10.4 Å². The first-order valence-electron chi connectivity index (χ1n) is 6.45. The van der Waals surface area contributed by atoms with Gasteiger partial charge in [-0.1, -0.05) is 12.1 Å². The third-order valence-corrected chi connectivity index (χ3v) is 3.31. The zero-order chi connectivity index (χ0) is 15.4. The van der Waals surface area contributed by atoms with E-state index in [1.165, 1.54) is 0 Å². The van der Waals surface area contributed by atoms with Gasteiger partial charge in [-0.3, -0.25) is 0 Å². The molecule has 110 valence electrons. The van der Waals surface area contributed by atoms with E-state index in [-0.39, 0.29) is 19.4 Å². The number of nitriles is 1. The number of nitrogens with zero attached hydrogens (tertiary/aromatic N) is 2. The molecule has 0 radical (unpaired) electrons. The summed E-state index contributed by atoms with van der Waals surface area (Å²) in [5.41, 5.74) is 1.34. The molecule has 1 aromatic rings. The number of aliphatic carboxylic acids is 1. The average molecular weight is 289 g/mol. The first kappa shape index (κ1) is 14.8. The van der Waals surface area contributed by atoms with Gasteiger partial charge in [0.1, 0.15) is 6.04 Å². The molecule has 2 unspecified atom stereocenters. The highest BCUT2D eigenvalue weighted by Gasteiger charge is 2.38. The Kier molecular flexibility index (Phi) is 4.40. The topological polar surface area (TPSA) is 114 Å². The Hall–Kier alpha value is -2.59. The SMILES string of the molecule is N#CCc1ccc(NC(=O)N2CC(O)CC2C(=O)O)cc1. The number of hydrogen-bond acceptors (Lipinski definition) is 4. The first-order chi connectivity index (χ1) is 10.0. The summed E-state index contributed by atoms with van der Waals surface area (Å²) in [6, 6.07) is 7.17. The van der Waals surface area contributed by atoms with Crippen molar-refractivity contribution in [1.82, 2.24) is 4.90 Å². The third kappa shape index (κ3) is 3.49. The molecule has 2 amide bonds. The lowest BCUT2D eigenvalue weighted by atomic mass is 10.1. The second-order valence-corrected chi connectivity index (χ2v) is 4.86. The highest BCUT2D eigenvalue weighted by atomic mass is 16.4. The van der Waals surface area contributed by atoms with Crippen LogP contribution in [-0.2, 0) is 11.2 Å². The second-order valence-electron chi connectivity index (χ2n) is 4.86. The Balaban J connectivity index is 2.03. The number of aliphatic hydroxyl groups excluding tert-OH is 1. The molecule has 1 aliphatic heterocycles. The zero-order valence-electron chi connectivity index (χ0n) is 11.2. The number of benzene rings is 1. The molecule has 0 bridgehead atoms. The van der Waals surface area contributed by atoms with Crippen molar-refractivity contribution in [2.45, 2.75) is 25.0 Å². The Morgan fingerprint density at radius 2 is 2.05 bits per heavy atom. The van der Waals surface area contributed by atoms with Crippen molar-refractivity contribution in [3.8, 4) is 6.07 Å². The molecule has 1 aliphatic rings. The molecule has 0 aromatic heterocycles. The van der Waals surface area contributed by atoms with E-state index >= 15 is 0 Å². The number of amides is 2. The van der Waals surface area contributed by atoms with Crippen molar-refractivity contribution < 1.29 is 19.8 Å². The highest BCUT2D eigenvalue weighted by Crippen LogP contribution is 2.20. The number of anilines is 1. The van der Waals surface area contributed by atoms with E-state index in [9.17, 15) is 14.7 Å². The molecule has 0 saturated carbocycles. The van der Waals surface area contributed by atoms with E-state index in [2.05, 4.69) is 5.32 Å². The number of rotatable bonds is 3. The normalized spacial score (nSPS) is 20.9. The van der Waals surface area contributed by atoms with Crippen LogP contribution in [-0.4, -0.2) is 45.8 Å². The van der Waals surface area contributed by atoms with Crippen LogP contribution in [0.4, 0.5) is 10.5 Å². The summed E-state index contributed by atoms with van der Waals surface area (Å²) in [4.78, 5) is 24.2. The largest absolute Gasteiger partial charge is 0.480 e. The van der Waals surface area contributed by atoms with Crippen molar-refractivity contribution in [2.24, 2.45) is 0 Å². The van der Waals surface area contributed by atoms with Crippen LogP contribution in [0.5, 0.6) is 0 Å². The Labute approximate surface area is 121 Å². The summed E-state index contributed by atoms with van der Waals surface area (Å²) in [7, 11) is 0. The number of carbonyl (C=O) groups excluding carboxylic acids is 1. The van der Waals surface area contributed by atoms with Crippen LogP contribution < -0.4 is 5.32 Å². The highest BCUT2D eigenvalue weighted by molar-refractivity contribution is 5.92. The van der Waals surface area contributed by atoms with Gasteiger partial charge in [-0.05, 0) is 17.7 Å². The van der Waals surface area contributed by atoms with Gasteiger partial charge < -0.3 is 20.4 Å². The third-order valence-electron chi connectivity index (χ3n) is 3.31. The minimum atomic E-state index is -1.13. The Bertz CT molecular complexity index is 579. The summed E-state index contributed by atoms with van der Waals surface area (Å²) in [5.74, 6) is -1.13. The molecule has 1 aromatic carbocycles. The molecule has 0 spiro atoms. The van der Waals surface area contributed by atoms with Gasteiger partial charge in [-0.25, -0.2) is 9.59 Å². The van der Waals surface area contributed by atoms with Crippen molar-refractivity contribution in [3.63, 3.8) is 0 Å². The van der Waals surface area contributed by atoms with Crippen LogP contribution in [0, 0.1) is 11.3 Å². The van der Waals surface area contributed by atoms with Gasteiger partial charge in [0.25, 0.3) is 0 Å². The molecule has 2 atom stereocenters. The van der Waals surface area contributed by atoms with E-state index in [0.717, 1.165) is 10.5 Å². The molecule has 0 aliphatic carbocycles. The molecule has 7 heteroatoms. The fourth-order valence-electron chi connectivity index (χ4n) is 2.26. The number of hydrogen-bond donors (Lipinski definition) is 3. The van der Waals surface area contributed by atoms with Gasteiger partial charge in [0, 0.05) is 18.7 Å². The molecule has 2 rings (SSSR count). The standard InChI is InChI=1S/C14H15N3O4/c15-6-5-9-1-3-10(4-2-9)16-14(21)17-8-11(18)7-12(17)13(19)20/h1-4,11-12,18H,5,7-8H2,(H,16,21)(H,19,20). The molecule has 1 saturated heterocycles. The Morgan fingerprint density at radius 1 is 1.38 bits per heavy atom. The fourth-order valence-corrected chi connectivity index (χ4v) is 2.26. The van der Waals surface area contributed by atoms with Crippen molar-refractivity contribution in [2.75, 3.05) is 11.9 Å². The smallest absolute Gasteiger partial charge is 0.326 e. The van der Waals surface area contributed by atoms with Gasteiger partial charge in [0.05, 0.1) is 18.6 Å². The molecule has 21 heavy (non-hydrogen) atoms. The number of carboxylic acids is 1. The molecule has 3 N–H and O–H groups in total. The molecule has 1 heterocycles. The summed E-state index contributed by atoms with van der Waals surface area (Å²) >= 11 is 0. The van der Waals surface area contributed by atoms with Crippen LogP contribution in [0.2, 0.25) is 0 Å². The quantitative estimate of drug-likeness (QED) is 0.761. The summed E-state index contributed by atoms with van der Waals surface area (Å²) in [5, 5.41) is 29.7. The number of urea groups is 1. The molecular formula is C14H15N3O4. The van der Waals surface area contributed by atoms with Crippen LogP contribution in [0.25, 0.3) is 0 Å². The second kappa shape index (κ2) is 6.24. The first-order valence-corrected chi connectivity index (χ1v) is 6.45. The van der Waals surface area contributed by atoms with Crippen molar-refractivity contribution in [1.29, 1.82) is 5.26 Å². The summed E-state index contributed by atoms with van der Waals surface area (Å²) in [6.07, 6.45) is -0.507. The summed E-state index contributed by atoms with van der Waals surface area (Å²) in [6.45, 7) is -0.00465. The van der Waals surface area contributed by atoms with E-state index < -0.39 is 24.1 Å². The minimum Gasteiger partial charge on any atom is -0.480 e. The van der Waals surface area contributed by atoms with Crippen LogP contribution in [0.1, 0.15) is 12.0 Å². The number of aliphatic hydroxyl groups is 1. The lowest BCUT2D eigenvalue weighted by Crippen LogP contribution is -2.43. The fraction of sp³-hybridized carbons (Fsp3) is 0.357. The minimum absolute atomic E-state index is 0.00465. The lowest BCUT2D eigenvalue weighted by Gasteiger charge is -2.21. The monoisotopic (exact) mass is 289 g/mol. The van der Waals surface area contributed by atoms with Gasteiger partial charge in [0.2, 0.25) is 0 Å². The number of likely N-dealkylation sites (tertiary alicyclic amines) is 1. The predicted octanol–water partition coefficient (Wildman–Crippen LogP) is 0.804. The van der Waals surface area contributed by atoms with E-state index in [0.29, 0.717) is 5.69 Å². The van der Waals surface area contributed by atoms with Crippen LogP contribution >= 0.6 is 0 Å². The number of carbonyl (C=O) groups is 2. The van der Waals surface area contributed by atoms with Gasteiger partial charge >= 0.3 is 12.0 Å². The molecular weight excluding hydrogens is 274 g/mol. The maximum Gasteiger partial charge on any atom is 0.326 e. The van der Waals surface area contributed by atoms with Crippen molar-refractivity contribution in [3.05, 3.63) is 29.8 Å². The van der Waals surface area contributed by atoms with Crippen molar-refractivity contribution >= 4 is 17.7 Å². The Morgan fingerprint density at radius 3 is 2.62 bits per heavy atom.